The summed E-state index contributed by atoms with van der Waals surface area (Å²) in [5.74, 6) is -0.810. The van der Waals surface area contributed by atoms with Crippen LogP contribution in [-0.4, -0.2) is 58.4 Å². The summed E-state index contributed by atoms with van der Waals surface area (Å²) in [6, 6.07) is 5.54. The quantitative estimate of drug-likeness (QED) is 0.433. The first-order valence-corrected chi connectivity index (χ1v) is 8.09. The predicted octanol–water partition coefficient (Wildman–Crippen LogP) is 1.40. The van der Waals surface area contributed by atoms with Crippen molar-refractivity contribution in [1.29, 1.82) is 0 Å². The highest BCUT2D eigenvalue weighted by atomic mass is 16.6. The van der Waals surface area contributed by atoms with Crippen LogP contribution in [0.1, 0.15) is 25.3 Å². The SMILES string of the molecule is CCCCN1C(=O)C(c2ccc([N+](=O)[O-])cc2)=C(N(C)CCO)C1=O. The molecule has 1 aromatic carbocycles. The number of nitro groups is 1. The smallest absolute Gasteiger partial charge is 0.277 e. The molecule has 25 heavy (non-hydrogen) atoms. The fourth-order valence-electron chi connectivity index (χ4n) is 2.71. The molecule has 1 aliphatic rings. The van der Waals surface area contributed by atoms with E-state index in [0.29, 0.717) is 18.5 Å². The number of likely N-dealkylation sites (N-methyl/N-ethyl adjacent to an activating group) is 1. The first-order valence-electron chi connectivity index (χ1n) is 8.09. The molecule has 0 bridgehead atoms. The number of imide groups is 1. The van der Waals surface area contributed by atoms with Gasteiger partial charge in [0.25, 0.3) is 17.5 Å². The molecule has 1 aromatic rings. The third-order valence-corrected chi connectivity index (χ3v) is 4.06. The minimum absolute atomic E-state index is 0.0887. The number of unbranched alkanes of at least 4 members (excludes halogenated alkanes) is 1. The summed E-state index contributed by atoms with van der Waals surface area (Å²) >= 11 is 0. The highest BCUT2D eigenvalue weighted by molar-refractivity contribution is 6.35. The predicted molar refractivity (Wildman–Crippen MR) is 91.4 cm³/mol. The summed E-state index contributed by atoms with van der Waals surface area (Å²) < 4.78 is 0. The van der Waals surface area contributed by atoms with Gasteiger partial charge in [-0.25, -0.2) is 0 Å². The summed E-state index contributed by atoms with van der Waals surface area (Å²) in [6.07, 6.45) is 1.54. The second kappa shape index (κ2) is 7.89. The Hall–Kier alpha value is -2.74. The molecule has 0 aliphatic carbocycles. The molecule has 2 amide bonds. The van der Waals surface area contributed by atoms with Crippen molar-refractivity contribution in [2.45, 2.75) is 19.8 Å². The number of aliphatic hydroxyl groups excluding tert-OH is 1. The molecule has 0 unspecified atom stereocenters. The monoisotopic (exact) mass is 347 g/mol. The number of amides is 2. The normalized spacial score (nSPS) is 14.4. The maximum absolute atomic E-state index is 12.8. The Kier molecular flexibility index (Phi) is 5.87. The second-order valence-corrected chi connectivity index (χ2v) is 5.79. The highest BCUT2D eigenvalue weighted by Gasteiger charge is 2.40. The van der Waals surface area contributed by atoms with E-state index in [1.54, 1.807) is 11.9 Å². The van der Waals surface area contributed by atoms with E-state index in [4.69, 9.17) is 5.11 Å². The summed E-state index contributed by atoms with van der Waals surface area (Å²) in [7, 11) is 1.63. The molecule has 0 saturated carbocycles. The standard InChI is InChI=1S/C17H21N3O5/c1-3-4-9-19-16(22)14(15(17(19)23)18(2)10-11-21)12-5-7-13(8-6-12)20(24)25/h5-8,21H,3-4,9-11H2,1-2H3. The van der Waals surface area contributed by atoms with Crippen LogP contribution in [-0.2, 0) is 9.59 Å². The number of benzene rings is 1. The van der Waals surface area contributed by atoms with Crippen molar-refractivity contribution < 1.29 is 19.6 Å². The molecule has 0 saturated heterocycles. The van der Waals surface area contributed by atoms with Gasteiger partial charge in [-0.05, 0) is 24.1 Å². The molecule has 0 aromatic heterocycles. The zero-order valence-electron chi connectivity index (χ0n) is 14.3. The van der Waals surface area contributed by atoms with Crippen LogP contribution in [0.15, 0.2) is 30.0 Å². The Morgan fingerprint density at radius 3 is 2.36 bits per heavy atom. The molecule has 1 aliphatic heterocycles. The fourth-order valence-corrected chi connectivity index (χ4v) is 2.71. The summed E-state index contributed by atoms with van der Waals surface area (Å²) in [5, 5.41) is 20.0. The van der Waals surface area contributed by atoms with Gasteiger partial charge in [-0.1, -0.05) is 13.3 Å². The summed E-state index contributed by atoms with van der Waals surface area (Å²) in [4.78, 5) is 38.5. The molecule has 8 heteroatoms. The molecule has 0 radical (unpaired) electrons. The number of hydrogen-bond acceptors (Lipinski definition) is 6. The van der Waals surface area contributed by atoms with Gasteiger partial charge in [-0.3, -0.25) is 24.6 Å². The zero-order chi connectivity index (χ0) is 18.6. The lowest BCUT2D eigenvalue weighted by atomic mass is 10.0. The van der Waals surface area contributed by atoms with Gasteiger partial charge in [0.2, 0.25) is 0 Å². The second-order valence-electron chi connectivity index (χ2n) is 5.79. The number of rotatable bonds is 8. The van der Waals surface area contributed by atoms with Crippen LogP contribution in [0.25, 0.3) is 5.57 Å². The molecule has 1 N–H and O–H groups in total. The number of carbonyl (C=O) groups excluding carboxylic acids is 2. The van der Waals surface area contributed by atoms with Crippen LogP contribution in [0, 0.1) is 10.1 Å². The Morgan fingerprint density at radius 1 is 1.20 bits per heavy atom. The molecule has 0 fully saturated rings. The van der Waals surface area contributed by atoms with Gasteiger partial charge in [0.05, 0.1) is 17.1 Å². The number of hydrogen-bond donors (Lipinski definition) is 1. The lowest BCUT2D eigenvalue weighted by Crippen LogP contribution is -2.35. The number of non-ortho nitro benzene ring substituents is 1. The van der Waals surface area contributed by atoms with Gasteiger partial charge < -0.3 is 10.0 Å². The van der Waals surface area contributed by atoms with E-state index in [2.05, 4.69) is 0 Å². The van der Waals surface area contributed by atoms with Gasteiger partial charge in [0, 0.05) is 32.3 Å². The number of nitrogens with zero attached hydrogens (tertiary/aromatic N) is 3. The average Bonchev–Trinajstić information content (AvgIpc) is 2.84. The van der Waals surface area contributed by atoms with Crippen LogP contribution < -0.4 is 0 Å². The maximum atomic E-state index is 12.8. The minimum atomic E-state index is -0.522. The number of nitro benzene ring substituents is 1. The van der Waals surface area contributed by atoms with Crippen molar-refractivity contribution >= 4 is 23.1 Å². The number of aliphatic hydroxyl groups is 1. The molecule has 0 spiro atoms. The van der Waals surface area contributed by atoms with Gasteiger partial charge in [-0.2, -0.15) is 0 Å². The van der Waals surface area contributed by atoms with E-state index in [1.165, 1.54) is 29.2 Å². The van der Waals surface area contributed by atoms with E-state index in [0.717, 1.165) is 6.42 Å². The number of carbonyl (C=O) groups is 2. The van der Waals surface area contributed by atoms with Crippen molar-refractivity contribution in [2.24, 2.45) is 0 Å². The Bertz CT molecular complexity index is 711. The average molecular weight is 347 g/mol. The van der Waals surface area contributed by atoms with Crippen LogP contribution in [0.3, 0.4) is 0 Å². The van der Waals surface area contributed by atoms with E-state index in [9.17, 15) is 19.7 Å². The largest absolute Gasteiger partial charge is 0.395 e. The molecular weight excluding hydrogens is 326 g/mol. The van der Waals surface area contributed by atoms with Crippen LogP contribution in [0.2, 0.25) is 0 Å². The van der Waals surface area contributed by atoms with Crippen LogP contribution in [0.4, 0.5) is 5.69 Å². The highest BCUT2D eigenvalue weighted by Crippen LogP contribution is 2.32. The van der Waals surface area contributed by atoms with Gasteiger partial charge >= 0.3 is 0 Å². The van der Waals surface area contributed by atoms with Crippen molar-refractivity contribution in [3.05, 3.63) is 45.6 Å². The summed E-state index contributed by atoms with van der Waals surface area (Å²) in [6.45, 7) is 2.33. The first-order chi connectivity index (χ1) is 11.9. The molecule has 2 rings (SSSR count). The van der Waals surface area contributed by atoms with Gasteiger partial charge in [-0.15, -0.1) is 0 Å². The lowest BCUT2D eigenvalue weighted by Gasteiger charge is -2.20. The third kappa shape index (κ3) is 3.69. The lowest BCUT2D eigenvalue weighted by molar-refractivity contribution is -0.384. The van der Waals surface area contributed by atoms with E-state index in [1.807, 2.05) is 6.92 Å². The molecule has 0 atom stereocenters. The third-order valence-electron chi connectivity index (χ3n) is 4.06. The van der Waals surface area contributed by atoms with Crippen molar-refractivity contribution in [1.82, 2.24) is 9.80 Å². The van der Waals surface area contributed by atoms with E-state index in [-0.39, 0.29) is 30.1 Å². The van der Waals surface area contributed by atoms with Crippen LogP contribution in [0.5, 0.6) is 0 Å². The summed E-state index contributed by atoms with van der Waals surface area (Å²) in [5.41, 5.74) is 0.785. The first kappa shape index (κ1) is 18.6. The molecular formula is C17H21N3O5. The van der Waals surface area contributed by atoms with Gasteiger partial charge in [0.1, 0.15) is 5.70 Å². The molecule has 134 valence electrons. The topological polar surface area (TPSA) is 104 Å². The Morgan fingerprint density at radius 2 is 1.84 bits per heavy atom. The van der Waals surface area contributed by atoms with Crippen molar-refractivity contribution in [3.63, 3.8) is 0 Å². The van der Waals surface area contributed by atoms with Crippen molar-refractivity contribution in [3.8, 4) is 0 Å². The zero-order valence-corrected chi connectivity index (χ0v) is 14.3. The Balaban J connectivity index is 2.47. The Labute approximate surface area is 145 Å². The maximum Gasteiger partial charge on any atom is 0.277 e. The fraction of sp³-hybridized carbons (Fsp3) is 0.412. The molecule has 1 heterocycles. The van der Waals surface area contributed by atoms with Crippen molar-refractivity contribution in [2.75, 3.05) is 26.7 Å². The van der Waals surface area contributed by atoms with Crippen LogP contribution >= 0.6 is 0 Å². The minimum Gasteiger partial charge on any atom is -0.395 e. The van der Waals surface area contributed by atoms with Gasteiger partial charge in [0.15, 0.2) is 0 Å². The van der Waals surface area contributed by atoms with E-state index < -0.39 is 16.7 Å². The van der Waals surface area contributed by atoms with E-state index >= 15 is 0 Å². The molecule has 8 nitrogen and oxygen atoms in total.